The molecule has 100 valence electrons. The normalized spacial score (nSPS) is 20.6. The maximum atomic E-state index is 12.0. The second-order valence-corrected chi connectivity index (χ2v) is 4.68. The molecular formula is C13H26N2O2. The monoisotopic (exact) mass is 242 g/mol. The Balaban J connectivity index is 2.20. The first-order chi connectivity index (χ1) is 8.29. The van der Waals surface area contributed by atoms with Crippen molar-refractivity contribution in [2.75, 3.05) is 26.3 Å². The first-order valence-electron chi connectivity index (χ1n) is 6.86. The number of carbonyl (C=O) groups is 1. The van der Waals surface area contributed by atoms with Crippen molar-refractivity contribution in [3.05, 3.63) is 0 Å². The molecule has 0 aromatic heterocycles. The Morgan fingerprint density at radius 2 is 2.12 bits per heavy atom. The van der Waals surface area contributed by atoms with E-state index in [9.17, 15) is 4.79 Å². The average molecular weight is 242 g/mol. The third-order valence-corrected chi connectivity index (χ3v) is 3.36. The Bertz CT molecular complexity index is 221. The number of unbranched alkanes of at least 4 members (excludes halogenated alkanes) is 3. The smallest absolute Gasteiger partial charge is 0.222 e. The number of amides is 1. The summed E-state index contributed by atoms with van der Waals surface area (Å²) in [7, 11) is 0. The van der Waals surface area contributed by atoms with E-state index in [0.717, 1.165) is 45.2 Å². The summed E-state index contributed by atoms with van der Waals surface area (Å²) >= 11 is 0. The molecule has 1 saturated heterocycles. The molecule has 1 heterocycles. The highest BCUT2D eigenvalue weighted by molar-refractivity contribution is 5.76. The quantitative estimate of drug-likeness (QED) is 0.689. The van der Waals surface area contributed by atoms with Crippen LogP contribution in [0.25, 0.3) is 0 Å². The third kappa shape index (κ3) is 5.04. The van der Waals surface area contributed by atoms with Gasteiger partial charge in [-0.2, -0.15) is 0 Å². The second-order valence-electron chi connectivity index (χ2n) is 4.68. The van der Waals surface area contributed by atoms with Crippen LogP contribution in [0.3, 0.4) is 0 Å². The molecule has 0 saturated carbocycles. The first kappa shape index (κ1) is 14.5. The number of nitrogens with two attached hydrogens (primary N) is 1. The van der Waals surface area contributed by atoms with Crippen LogP contribution in [-0.2, 0) is 9.53 Å². The molecule has 1 rings (SSSR count). The number of ether oxygens (including phenoxy) is 1. The third-order valence-electron chi connectivity index (χ3n) is 3.36. The summed E-state index contributed by atoms with van der Waals surface area (Å²) in [6.45, 7) is 5.03. The molecule has 1 aliphatic heterocycles. The number of hydrogen-bond donors (Lipinski definition) is 1. The van der Waals surface area contributed by atoms with Gasteiger partial charge in [-0.25, -0.2) is 0 Å². The summed E-state index contributed by atoms with van der Waals surface area (Å²) < 4.78 is 5.40. The van der Waals surface area contributed by atoms with Gasteiger partial charge >= 0.3 is 0 Å². The molecule has 1 unspecified atom stereocenters. The van der Waals surface area contributed by atoms with Crippen LogP contribution in [0, 0.1) is 0 Å². The van der Waals surface area contributed by atoms with Crippen LogP contribution in [0.4, 0.5) is 0 Å². The first-order valence-corrected chi connectivity index (χ1v) is 6.86. The molecular weight excluding hydrogens is 216 g/mol. The topological polar surface area (TPSA) is 55.6 Å². The van der Waals surface area contributed by atoms with E-state index >= 15 is 0 Å². The lowest BCUT2D eigenvalue weighted by molar-refractivity contribution is -0.140. The van der Waals surface area contributed by atoms with Gasteiger partial charge in [-0.1, -0.05) is 19.8 Å². The summed E-state index contributed by atoms with van der Waals surface area (Å²) in [4.78, 5) is 14.1. The zero-order valence-corrected chi connectivity index (χ0v) is 11.0. The van der Waals surface area contributed by atoms with Gasteiger partial charge in [0.15, 0.2) is 0 Å². The van der Waals surface area contributed by atoms with Gasteiger partial charge in [0.1, 0.15) is 0 Å². The lowest BCUT2D eigenvalue weighted by Gasteiger charge is -2.35. The minimum Gasteiger partial charge on any atom is -0.377 e. The van der Waals surface area contributed by atoms with Crippen LogP contribution in [0.5, 0.6) is 0 Å². The summed E-state index contributed by atoms with van der Waals surface area (Å²) in [5.41, 5.74) is 5.43. The van der Waals surface area contributed by atoms with Gasteiger partial charge < -0.3 is 15.4 Å². The van der Waals surface area contributed by atoms with Gasteiger partial charge in [-0.15, -0.1) is 0 Å². The molecule has 0 spiro atoms. The van der Waals surface area contributed by atoms with Gasteiger partial charge in [0.2, 0.25) is 5.91 Å². The fourth-order valence-corrected chi connectivity index (χ4v) is 2.24. The summed E-state index contributed by atoms with van der Waals surface area (Å²) in [5, 5.41) is 0. The maximum absolute atomic E-state index is 12.0. The van der Waals surface area contributed by atoms with Crippen molar-refractivity contribution in [1.82, 2.24) is 4.90 Å². The average Bonchev–Trinajstić information content (AvgIpc) is 2.38. The van der Waals surface area contributed by atoms with E-state index < -0.39 is 0 Å². The Kier molecular flexibility index (Phi) is 7.21. The Morgan fingerprint density at radius 3 is 2.82 bits per heavy atom. The molecule has 0 aliphatic carbocycles. The van der Waals surface area contributed by atoms with E-state index in [0.29, 0.717) is 31.6 Å². The van der Waals surface area contributed by atoms with Crippen molar-refractivity contribution >= 4 is 5.91 Å². The van der Waals surface area contributed by atoms with Crippen molar-refractivity contribution in [3.63, 3.8) is 0 Å². The second kappa shape index (κ2) is 8.48. The lowest BCUT2D eigenvalue weighted by atomic mass is 10.1. The van der Waals surface area contributed by atoms with Gasteiger partial charge in [-0.3, -0.25) is 4.79 Å². The van der Waals surface area contributed by atoms with Crippen LogP contribution < -0.4 is 5.73 Å². The Hall–Kier alpha value is -0.610. The van der Waals surface area contributed by atoms with Crippen LogP contribution in [-0.4, -0.2) is 43.2 Å². The molecule has 4 heteroatoms. The fourth-order valence-electron chi connectivity index (χ4n) is 2.24. The molecule has 1 aliphatic rings. The molecule has 2 N–H and O–H groups in total. The largest absolute Gasteiger partial charge is 0.377 e. The van der Waals surface area contributed by atoms with E-state index in [4.69, 9.17) is 10.5 Å². The number of rotatable bonds is 7. The van der Waals surface area contributed by atoms with Gasteiger partial charge in [0.05, 0.1) is 19.3 Å². The number of hydrogen-bond acceptors (Lipinski definition) is 3. The highest BCUT2D eigenvalue weighted by atomic mass is 16.5. The lowest BCUT2D eigenvalue weighted by Crippen LogP contribution is -2.48. The molecule has 0 aromatic carbocycles. The Labute approximate surface area is 104 Å². The molecule has 1 amide bonds. The molecule has 1 fully saturated rings. The van der Waals surface area contributed by atoms with E-state index in [2.05, 4.69) is 6.92 Å². The standard InChI is InChI=1S/C13H26N2O2/c1-2-12-11-17-10-9-15(12)13(16)7-5-3-4-6-8-14/h12H,2-11,14H2,1H3. The summed E-state index contributed by atoms with van der Waals surface area (Å²) in [6.07, 6.45) is 5.99. The summed E-state index contributed by atoms with van der Waals surface area (Å²) in [5.74, 6) is 0.299. The zero-order chi connectivity index (χ0) is 12.5. The maximum Gasteiger partial charge on any atom is 0.222 e. The minimum absolute atomic E-state index is 0.292. The van der Waals surface area contributed by atoms with Gasteiger partial charge in [0, 0.05) is 13.0 Å². The van der Waals surface area contributed by atoms with Crippen molar-refractivity contribution in [1.29, 1.82) is 0 Å². The van der Waals surface area contributed by atoms with Crippen molar-refractivity contribution in [2.45, 2.75) is 51.5 Å². The molecule has 0 aromatic rings. The minimum atomic E-state index is 0.292. The van der Waals surface area contributed by atoms with Crippen LogP contribution in [0.2, 0.25) is 0 Å². The zero-order valence-electron chi connectivity index (χ0n) is 11.0. The van der Waals surface area contributed by atoms with Crippen molar-refractivity contribution < 1.29 is 9.53 Å². The number of morpholine rings is 1. The van der Waals surface area contributed by atoms with E-state index in [1.54, 1.807) is 0 Å². The highest BCUT2D eigenvalue weighted by Gasteiger charge is 2.25. The molecule has 4 nitrogen and oxygen atoms in total. The molecule has 1 atom stereocenters. The van der Waals surface area contributed by atoms with Crippen LogP contribution in [0.1, 0.15) is 45.4 Å². The highest BCUT2D eigenvalue weighted by Crippen LogP contribution is 2.13. The van der Waals surface area contributed by atoms with Gasteiger partial charge in [-0.05, 0) is 25.8 Å². The molecule has 0 radical (unpaired) electrons. The van der Waals surface area contributed by atoms with E-state index in [1.807, 2.05) is 4.90 Å². The SMILES string of the molecule is CCC1COCCN1C(=O)CCCCCCN. The summed E-state index contributed by atoms with van der Waals surface area (Å²) in [6, 6.07) is 0.292. The number of carbonyl (C=O) groups excluding carboxylic acids is 1. The fraction of sp³-hybridized carbons (Fsp3) is 0.923. The predicted molar refractivity (Wildman–Crippen MR) is 68.8 cm³/mol. The Morgan fingerprint density at radius 1 is 1.35 bits per heavy atom. The van der Waals surface area contributed by atoms with Crippen molar-refractivity contribution in [2.24, 2.45) is 5.73 Å². The molecule has 0 bridgehead atoms. The van der Waals surface area contributed by atoms with Crippen molar-refractivity contribution in [3.8, 4) is 0 Å². The van der Waals surface area contributed by atoms with Crippen LogP contribution >= 0.6 is 0 Å². The van der Waals surface area contributed by atoms with E-state index in [1.165, 1.54) is 0 Å². The predicted octanol–water partition coefficient (Wildman–Crippen LogP) is 1.53. The van der Waals surface area contributed by atoms with Crippen LogP contribution in [0.15, 0.2) is 0 Å². The molecule has 17 heavy (non-hydrogen) atoms. The van der Waals surface area contributed by atoms with Gasteiger partial charge in [0.25, 0.3) is 0 Å². The number of nitrogens with zero attached hydrogens (tertiary/aromatic N) is 1. The van der Waals surface area contributed by atoms with E-state index in [-0.39, 0.29) is 0 Å².